The second-order valence-electron chi connectivity index (χ2n) is 2.80. The van der Waals surface area contributed by atoms with Crippen molar-refractivity contribution in [3.8, 4) is 0 Å². The molecule has 0 aromatic carbocycles. The minimum atomic E-state index is -0.883. The van der Waals surface area contributed by atoms with Crippen LogP contribution in [0.1, 0.15) is 15.2 Å². The molecular weight excluding hydrogens is 232 g/mol. The molecule has 15 heavy (non-hydrogen) atoms. The summed E-state index contributed by atoms with van der Waals surface area (Å²) in [6.07, 6.45) is 1.73. The maximum Gasteiger partial charge on any atom is 0.336 e. The number of aromatic carboxylic acids is 1. The van der Waals surface area contributed by atoms with Gasteiger partial charge in [-0.05, 0) is 6.07 Å². The fourth-order valence-corrected chi connectivity index (χ4v) is 2.38. The summed E-state index contributed by atoms with van der Waals surface area (Å²) in [4.78, 5) is 15.7. The quantitative estimate of drug-likeness (QED) is 0.862. The monoisotopic (exact) mass is 240 g/mol. The first kappa shape index (κ1) is 10.1. The highest BCUT2D eigenvalue weighted by Crippen LogP contribution is 2.17. The summed E-state index contributed by atoms with van der Waals surface area (Å²) in [5, 5.41) is 16.2. The number of carboxylic acid groups (broad SMARTS) is 1. The fourth-order valence-electron chi connectivity index (χ4n) is 1.06. The molecule has 0 spiro atoms. The number of hydrogen-bond acceptors (Lipinski definition) is 5. The predicted molar refractivity (Wildman–Crippen MR) is 60.7 cm³/mol. The first-order chi connectivity index (χ1) is 7.25. The molecule has 0 fully saturated rings. The molecule has 2 aromatic rings. The summed E-state index contributed by atoms with van der Waals surface area (Å²) in [5.41, 5.74) is 0.343. The Kier molecular flexibility index (Phi) is 2.98. The van der Waals surface area contributed by atoms with E-state index in [0.717, 1.165) is 10.0 Å². The Morgan fingerprint density at radius 3 is 3.00 bits per heavy atom. The average molecular weight is 240 g/mol. The molecule has 0 aliphatic rings. The number of nitrogens with zero attached hydrogens (tertiary/aromatic N) is 1. The summed E-state index contributed by atoms with van der Waals surface area (Å²) in [5.74, 6) is -0.883. The minimum absolute atomic E-state index is 0.343. The van der Waals surface area contributed by atoms with E-state index in [1.807, 2.05) is 5.38 Å². The molecule has 0 aliphatic heterocycles. The van der Waals surface area contributed by atoms with E-state index < -0.39 is 5.97 Å². The lowest BCUT2D eigenvalue weighted by Crippen LogP contribution is -1.97. The molecule has 0 unspecified atom stereocenters. The van der Waals surface area contributed by atoms with Crippen molar-refractivity contribution >= 4 is 33.8 Å². The van der Waals surface area contributed by atoms with Crippen molar-refractivity contribution < 1.29 is 9.90 Å². The number of aromatic nitrogens is 1. The molecule has 0 aliphatic carbocycles. The van der Waals surface area contributed by atoms with Crippen molar-refractivity contribution in [2.24, 2.45) is 0 Å². The van der Waals surface area contributed by atoms with Crippen LogP contribution in [0.5, 0.6) is 0 Å². The second kappa shape index (κ2) is 4.41. The number of carboxylic acids is 1. The van der Waals surface area contributed by atoms with Gasteiger partial charge in [-0.2, -0.15) is 0 Å². The zero-order valence-corrected chi connectivity index (χ0v) is 9.27. The number of hydrogen-bond donors (Lipinski definition) is 2. The van der Waals surface area contributed by atoms with Crippen LogP contribution < -0.4 is 5.32 Å². The Morgan fingerprint density at radius 2 is 2.40 bits per heavy atom. The van der Waals surface area contributed by atoms with Crippen LogP contribution in [0.15, 0.2) is 23.0 Å². The zero-order valence-electron chi connectivity index (χ0n) is 7.64. The molecule has 78 valence electrons. The van der Waals surface area contributed by atoms with E-state index in [0.29, 0.717) is 12.1 Å². The van der Waals surface area contributed by atoms with Crippen LogP contribution in [0.4, 0.5) is 5.13 Å². The summed E-state index contributed by atoms with van der Waals surface area (Å²) in [7, 11) is 0. The standard InChI is InChI=1S/C9H8N2O2S2/c12-8(13)6-3-7(15-5-6)4-11-9-10-1-2-14-9/h1-3,5H,4H2,(H,10,11)(H,12,13). The SMILES string of the molecule is O=C(O)c1csc(CNc2nccs2)c1. The predicted octanol–water partition coefficient (Wildman–Crippen LogP) is 2.51. The van der Waals surface area contributed by atoms with Gasteiger partial charge in [0.1, 0.15) is 0 Å². The number of nitrogens with one attached hydrogen (secondary N) is 1. The summed E-state index contributed by atoms with van der Waals surface area (Å²) in [6.45, 7) is 0.617. The van der Waals surface area contributed by atoms with Crippen LogP contribution in [0, 0.1) is 0 Å². The van der Waals surface area contributed by atoms with Gasteiger partial charge in [0.15, 0.2) is 5.13 Å². The van der Waals surface area contributed by atoms with Crippen LogP contribution in [0.25, 0.3) is 0 Å². The lowest BCUT2D eigenvalue weighted by Gasteiger charge is -1.97. The van der Waals surface area contributed by atoms with Gasteiger partial charge < -0.3 is 10.4 Å². The van der Waals surface area contributed by atoms with E-state index in [-0.39, 0.29) is 0 Å². The lowest BCUT2D eigenvalue weighted by atomic mass is 10.3. The van der Waals surface area contributed by atoms with Gasteiger partial charge in [-0.25, -0.2) is 9.78 Å². The van der Waals surface area contributed by atoms with Gasteiger partial charge >= 0.3 is 5.97 Å². The van der Waals surface area contributed by atoms with Crippen molar-refractivity contribution in [2.45, 2.75) is 6.54 Å². The first-order valence-corrected chi connectivity index (χ1v) is 5.95. The normalized spacial score (nSPS) is 10.1. The molecule has 0 saturated carbocycles. The van der Waals surface area contributed by atoms with Crippen molar-refractivity contribution in [1.29, 1.82) is 0 Å². The second-order valence-corrected chi connectivity index (χ2v) is 4.69. The van der Waals surface area contributed by atoms with Crippen LogP contribution in [0.3, 0.4) is 0 Å². The maximum atomic E-state index is 10.6. The van der Waals surface area contributed by atoms with Crippen LogP contribution in [-0.4, -0.2) is 16.1 Å². The van der Waals surface area contributed by atoms with Crippen molar-refractivity contribution in [1.82, 2.24) is 4.98 Å². The topological polar surface area (TPSA) is 62.2 Å². The smallest absolute Gasteiger partial charge is 0.336 e. The van der Waals surface area contributed by atoms with E-state index >= 15 is 0 Å². The van der Waals surface area contributed by atoms with Crippen LogP contribution in [0.2, 0.25) is 0 Å². The third-order valence-electron chi connectivity index (χ3n) is 1.75. The number of rotatable bonds is 4. The minimum Gasteiger partial charge on any atom is -0.478 e. The molecule has 0 saturated heterocycles. The van der Waals surface area contributed by atoms with Gasteiger partial charge in [0.2, 0.25) is 0 Å². The first-order valence-electron chi connectivity index (χ1n) is 4.20. The van der Waals surface area contributed by atoms with Crippen LogP contribution >= 0.6 is 22.7 Å². The lowest BCUT2D eigenvalue weighted by molar-refractivity contribution is 0.0697. The molecule has 0 amide bonds. The Labute approximate surface area is 94.2 Å². The van der Waals surface area contributed by atoms with E-state index in [4.69, 9.17) is 5.11 Å². The number of carbonyl (C=O) groups is 1. The molecule has 0 bridgehead atoms. The fraction of sp³-hybridized carbons (Fsp3) is 0.111. The molecule has 2 N–H and O–H groups in total. The molecule has 6 heteroatoms. The maximum absolute atomic E-state index is 10.6. The van der Waals surface area contributed by atoms with E-state index in [1.54, 1.807) is 17.6 Å². The van der Waals surface area contributed by atoms with Crippen molar-refractivity contribution in [2.75, 3.05) is 5.32 Å². The Bertz CT molecular complexity index is 450. The van der Waals surface area contributed by atoms with Crippen molar-refractivity contribution in [3.05, 3.63) is 33.5 Å². The Balaban J connectivity index is 1.96. The van der Waals surface area contributed by atoms with E-state index in [2.05, 4.69) is 10.3 Å². The zero-order chi connectivity index (χ0) is 10.7. The molecule has 2 rings (SSSR count). The summed E-state index contributed by atoms with van der Waals surface area (Å²) >= 11 is 2.95. The number of thiazole rings is 1. The van der Waals surface area contributed by atoms with Crippen molar-refractivity contribution in [3.63, 3.8) is 0 Å². The summed E-state index contributed by atoms with van der Waals surface area (Å²) < 4.78 is 0. The van der Waals surface area contributed by atoms with Gasteiger partial charge in [-0.15, -0.1) is 22.7 Å². The van der Waals surface area contributed by atoms with Crippen LogP contribution in [-0.2, 0) is 6.54 Å². The number of thiophene rings is 1. The summed E-state index contributed by atoms with van der Waals surface area (Å²) in [6, 6.07) is 1.67. The number of anilines is 1. The molecular formula is C9H8N2O2S2. The molecule has 0 atom stereocenters. The Morgan fingerprint density at radius 1 is 1.53 bits per heavy atom. The average Bonchev–Trinajstić information content (AvgIpc) is 2.86. The third-order valence-corrected chi connectivity index (χ3v) is 3.41. The van der Waals surface area contributed by atoms with Gasteiger partial charge in [0, 0.05) is 21.8 Å². The third kappa shape index (κ3) is 2.54. The largest absolute Gasteiger partial charge is 0.478 e. The molecule has 2 heterocycles. The van der Waals surface area contributed by atoms with Gasteiger partial charge in [-0.1, -0.05) is 0 Å². The van der Waals surface area contributed by atoms with Gasteiger partial charge in [-0.3, -0.25) is 0 Å². The van der Waals surface area contributed by atoms with Gasteiger partial charge in [0.25, 0.3) is 0 Å². The van der Waals surface area contributed by atoms with E-state index in [1.165, 1.54) is 22.7 Å². The highest BCUT2D eigenvalue weighted by molar-refractivity contribution is 7.13. The highest BCUT2D eigenvalue weighted by Gasteiger charge is 2.06. The molecule has 0 radical (unpaired) electrons. The Hall–Kier alpha value is -1.40. The highest BCUT2D eigenvalue weighted by atomic mass is 32.1. The van der Waals surface area contributed by atoms with Gasteiger partial charge in [0.05, 0.1) is 12.1 Å². The van der Waals surface area contributed by atoms with E-state index in [9.17, 15) is 4.79 Å². The molecule has 4 nitrogen and oxygen atoms in total. The molecule has 2 aromatic heterocycles.